The second-order valence-electron chi connectivity index (χ2n) is 10.0. The van der Waals surface area contributed by atoms with Gasteiger partial charge < -0.3 is 11.1 Å². The molecule has 0 radical (unpaired) electrons. The van der Waals surface area contributed by atoms with Gasteiger partial charge in [-0.25, -0.2) is 9.67 Å². The lowest BCUT2D eigenvalue weighted by molar-refractivity contribution is 0.281. The zero-order chi connectivity index (χ0) is 27.3. The van der Waals surface area contributed by atoms with Crippen molar-refractivity contribution < 1.29 is 0 Å². The van der Waals surface area contributed by atoms with Gasteiger partial charge in [-0.2, -0.15) is 10.5 Å². The highest BCUT2D eigenvalue weighted by Crippen LogP contribution is 2.36. The van der Waals surface area contributed by atoms with E-state index in [1.807, 2.05) is 56.3 Å². The average Bonchev–Trinajstić information content (AvgIpc) is 3.37. The van der Waals surface area contributed by atoms with Crippen molar-refractivity contribution in [2.45, 2.75) is 45.2 Å². The van der Waals surface area contributed by atoms with Crippen LogP contribution in [0.4, 0.5) is 5.95 Å². The van der Waals surface area contributed by atoms with Gasteiger partial charge in [0.1, 0.15) is 6.33 Å². The molecule has 192 valence electrons. The summed E-state index contributed by atoms with van der Waals surface area (Å²) in [5.41, 5.74) is 9.78. The zero-order valence-corrected chi connectivity index (χ0v) is 23.8. The van der Waals surface area contributed by atoms with Crippen molar-refractivity contribution in [1.29, 1.82) is 10.5 Å². The highest BCUT2D eigenvalue weighted by Gasteiger charge is 2.34. The van der Waals surface area contributed by atoms with E-state index in [4.69, 9.17) is 5.73 Å². The lowest BCUT2D eigenvalue weighted by Crippen LogP contribution is -2.42. The van der Waals surface area contributed by atoms with Gasteiger partial charge in [-0.15, -0.1) is 5.10 Å². The predicted octanol–water partition coefficient (Wildman–Crippen LogP) is 5.92. The zero-order valence-electron chi connectivity index (χ0n) is 21.6. The van der Waals surface area contributed by atoms with Gasteiger partial charge in [0.2, 0.25) is 5.95 Å². The Morgan fingerprint density at radius 3 is 2.34 bits per heavy atom. The molecule has 3 aromatic carbocycles. The lowest BCUT2D eigenvalue weighted by Gasteiger charge is -2.36. The number of rotatable bonds is 9. The standard InChI is InChI=1S/C30H30IN7/c1-20(27(16-21-7-11-25(31)12-8-21)24-6-4-5-22(15-24)17-32)36-28(30(2,3)18-33)23-9-13-26(14-10-23)38-19-35-29(34)37-38/h4-15,19-20,27-28,36H,16H2,1-3H3,(H2,34,37)/t20-,27+,28?/m0/s1. The number of nitrogen functional groups attached to an aromatic ring is 1. The fourth-order valence-corrected chi connectivity index (χ4v) is 5.04. The van der Waals surface area contributed by atoms with Crippen LogP contribution in [0.15, 0.2) is 79.1 Å². The van der Waals surface area contributed by atoms with Crippen LogP contribution >= 0.6 is 22.6 Å². The molecule has 0 bridgehead atoms. The fraction of sp³-hybridized carbons (Fsp3) is 0.267. The van der Waals surface area contributed by atoms with Crippen LogP contribution in [-0.4, -0.2) is 20.8 Å². The second kappa shape index (κ2) is 11.8. The molecular formula is C30H30IN7. The number of nitriles is 2. The van der Waals surface area contributed by atoms with E-state index in [1.54, 1.807) is 11.0 Å². The van der Waals surface area contributed by atoms with E-state index < -0.39 is 5.41 Å². The molecule has 3 atom stereocenters. The van der Waals surface area contributed by atoms with E-state index in [0.717, 1.165) is 23.2 Å². The molecule has 3 N–H and O–H groups in total. The van der Waals surface area contributed by atoms with Crippen LogP contribution < -0.4 is 11.1 Å². The largest absolute Gasteiger partial charge is 0.366 e. The Morgan fingerprint density at radius 1 is 1.03 bits per heavy atom. The maximum atomic E-state index is 10.1. The Morgan fingerprint density at radius 2 is 1.74 bits per heavy atom. The Kier molecular flexibility index (Phi) is 8.45. The quantitative estimate of drug-likeness (QED) is 0.226. The van der Waals surface area contributed by atoms with Crippen LogP contribution in [0.5, 0.6) is 0 Å². The summed E-state index contributed by atoms with van der Waals surface area (Å²) < 4.78 is 2.81. The molecule has 1 heterocycles. The third-order valence-electron chi connectivity index (χ3n) is 6.86. The molecule has 7 nitrogen and oxygen atoms in total. The van der Waals surface area contributed by atoms with Crippen molar-refractivity contribution >= 4 is 28.5 Å². The molecular weight excluding hydrogens is 585 g/mol. The summed E-state index contributed by atoms with van der Waals surface area (Å²) in [6.45, 7) is 6.06. The number of hydrogen-bond donors (Lipinski definition) is 2. The predicted molar refractivity (Wildman–Crippen MR) is 157 cm³/mol. The molecule has 0 saturated heterocycles. The van der Waals surface area contributed by atoms with Gasteiger partial charge in [0, 0.05) is 15.5 Å². The van der Waals surface area contributed by atoms with E-state index in [2.05, 4.69) is 87.4 Å². The monoisotopic (exact) mass is 615 g/mol. The van der Waals surface area contributed by atoms with Crippen LogP contribution in [-0.2, 0) is 6.42 Å². The van der Waals surface area contributed by atoms with Crippen LogP contribution in [0.1, 0.15) is 55.0 Å². The van der Waals surface area contributed by atoms with E-state index in [9.17, 15) is 10.5 Å². The average molecular weight is 616 g/mol. The van der Waals surface area contributed by atoms with Gasteiger partial charge in [0.25, 0.3) is 0 Å². The number of anilines is 1. The Labute approximate surface area is 237 Å². The number of nitrogens with two attached hydrogens (primary N) is 1. The summed E-state index contributed by atoms with van der Waals surface area (Å²) in [6.07, 6.45) is 2.37. The molecule has 1 aromatic heterocycles. The fourth-order valence-electron chi connectivity index (χ4n) is 4.68. The first-order valence-corrected chi connectivity index (χ1v) is 13.5. The number of nitrogens with zero attached hydrogens (tertiary/aromatic N) is 5. The SMILES string of the molecule is C[C@H](NC(c1ccc(-n2cnc(N)n2)cc1)C(C)(C)C#N)[C@@H](Cc1ccc(I)cc1)c1cccc(C#N)c1. The minimum atomic E-state index is -0.685. The summed E-state index contributed by atoms with van der Waals surface area (Å²) in [7, 11) is 0. The van der Waals surface area contributed by atoms with Gasteiger partial charge in [0.15, 0.2) is 0 Å². The molecule has 0 aliphatic heterocycles. The van der Waals surface area contributed by atoms with Crippen molar-refractivity contribution in [3.05, 3.63) is 105 Å². The molecule has 0 aliphatic rings. The molecule has 1 unspecified atom stereocenters. The highest BCUT2D eigenvalue weighted by molar-refractivity contribution is 14.1. The molecule has 0 amide bonds. The van der Waals surface area contributed by atoms with Crippen molar-refractivity contribution in [1.82, 2.24) is 20.1 Å². The van der Waals surface area contributed by atoms with Gasteiger partial charge in [-0.3, -0.25) is 0 Å². The highest BCUT2D eigenvalue weighted by atomic mass is 127. The third kappa shape index (κ3) is 6.39. The molecule has 0 fully saturated rings. The van der Waals surface area contributed by atoms with E-state index in [1.165, 1.54) is 9.13 Å². The minimum absolute atomic E-state index is 0.00404. The summed E-state index contributed by atoms with van der Waals surface area (Å²) in [6, 6.07) is 28.8. The van der Waals surface area contributed by atoms with Gasteiger partial charge in [-0.1, -0.05) is 36.4 Å². The van der Waals surface area contributed by atoms with E-state index in [0.29, 0.717) is 5.56 Å². The molecule has 8 heteroatoms. The molecule has 0 saturated carbocycles. The van der Waals surface area contributed by atoms with Gasteiger partial charge in [-0.05, 0) is 103 Å². The molecule has 0 spiro atoms. The van der Waals surface area contributed by atoms with Crippen LogP contribution in [0.3, 0.4) is 0 Å². The smallest absolute Gasteiger partial charge is 0.239 e. The maximum Gasteiger partial charge on any atom is 0.239 e. The summed E-state index contributed by atoms with van der Waals surface area (Å²) in [4.78, 5) is 4.00. The Hall–Kier alpha value is -3.73. The topological polar surface area (TPSA) is 116 Å². The lowest BCUT2D eigenvalue weighted by atomic mass is 9.79. The van der Waals surface area contributed by atoms with Gasteiger partial charge in [0.05, 0.1) is 34.8 Å². The number of benzene rings is 3. The number of halogens is 1. The normalized spacial score (nSPS) is 13.7. The molecule has 0 aliphatic carbocycles. The van der Waals surface area contributed by atoms with Crippen molar-refractivity contribution in [3.63, 3.8) is 0 Å². The number of nitrogens with one attached hydrogen (secondary N) is 1. The first-order chi connectivity index (χ1) is 18.2. The van der Waals surface area contributed by atoms with Crippen molar-refractivity contribution in [2.75, 3.05) is 5.73 Å². The minimum Gasteiger partial charge on any atom is -0.366 e. The van der Waals surface area contributed by atoms with E-state index in [-0.39, 0.29) is 23.9 Å². The molecule has 4 aromatic rings. The first-order valence-electron chi connectivity index (χ1n) is 12.4. The van der Waals surface area contributed by atoms with Crippen LogP contribution in [0.2, 0.25) is 0 Å². The Bertz CT molecular complexity index is 1460. The van der Waals surface area contributed by atoms with Crippen LogP contribution in [0, 0.1) is 31.6 Å². The summed E-state index contributed by atoms with van der Waals surface area (Å²) in [5.74, 6) is 0.297. The number of hydrogen-bond acceptors (Lipinski definition) is 6. The van der Waals surface area contributed by atoms with Gasteiger partial charge >= 0.3 is 0 Å². The second-order valence-corrected chi connectivity index (χ2v) is 11.3. The Balaban J connectivity index is 1.67. The summed E-state index contributed by atoms with van der Waals surface area (Å²) >= 11 is 2.31. The summed E-state index contributed by atoms with van der Waals surface area (Å²) in [5, 5.41) is 27.6. The van der Waals surface area contributed by atoms with Crippen molar-refractivity contribution in [3.8, 4) is 17.8 Å². The first kappa shape index (κ1) is 27.3. The maximum absolute atomic E-state index is 10.1. The van der Waals surface area contributed by atoms with Crippen LogP contribution in [0.25, 0.3) is 5.69 Å². The number of aromatic nitrogens is 3. The molecule has 4 rings (SSSR count). The van der Waals surface area contributed by atoms with E-state index >= 15 is 0 Å². The van der Waals surface area contributed by atoms with Crippen molar-refractivity contribution in [2.24, 2.45) is 5.41 Å². The third-order valence-corrected chi connectivity index (χ3v) is 7.58. The molecule has 38 heavy (non-hydrogen) atoms.